The second kappa shape index (κ2) is 5.40. The first-order valence-electron chi connectivity index (χ1n) is 5.74. The fraction of sp³-hybridized carbons (Fsp3) is 0.214. The molecule has 1 N–H and O–H groups in total. The highest BCUT2D eigenvalue weighted by atomic mass is 16.4. The molecule has 0 fully saturated rings. The molecule has 1 unspecified atom stereocenters. The predicted molar refractivity (Wildman–Crippen MR) is 68.1 cm³/mol. The van der Waals surface area contributed by atoms with Gasteiger partial charge in [-0.05, 0) is 35.2 Å². The predicted octanol–water partition coefficient (Wildman–Crippen LogP) is 2.72. The molecule has 0 aliphatic rings. The van der Waals surface area contributed by atoms with Gasteiger partial charge in [0.05, 0.1) is 6.42 Å². The minimum absolute atomic E-state index is 0.0446. The number of nitrogens with zero attached hydrogens (tertiary/aromatic N) is 2. The average molecular weight is 242 g/mol. The van der Waals surface area contributed by atoms with Gasteiger partial charge in [0, 0.05) is 30.4 Å². The van der Waals surface area contributed by atoms with Crippen LogP contribution in [0.4, 0.5) is 0 Å². The molecule has 18 heavy (non-hydrogen) atoms. The standard InChI is InChI=1S/C14H14N2O2/c1-10(6-14(17)18)12-7-13(9-16-8-12)11-2-4-15-5-3-11/h2-5,7-10H,6H2,1H3,(H,17,18). The van der Waals surface area contributed by atoms with Crippen LogP contribution in [-0.4, -0.2) is 21.0 Å². The largest absolute Gasteiger partial charge is 0.481 e. The van der Waals surface area contributed by atoms with E-state index >= 15 is 0 Å². The van der Waals surface area contributed by atoms with E-state index in [2.05, 4.69) is 9.97 Å². The van der Waals surface area contributed by atoms with E-state index in [1.54, 1.807) is 24.8 Å². The van der Waals surface area contributed by atoms with Gasteiger partial charge < -0.3 is 5.11 Å². The zero-order chi connectivity index (χ0) is 13.0. The van der Waals surface area contributed by atoms with Crippen LogP contribution in [0, 0.1) is 0 Å². The monoisotopic (exact) mass is 242 g/mol. The maximum atomic E-state index is 10.7. The fourth-order valence-corrected chi connectivity index (χ4v) is 1.81. The number of carbonyl (C=O) groups is 1. The van der Waals surface area contributed by atoms with Crippen LogP contribution >= 0.6 is 0 Å². The first kappa shape index (κ1) is 12.2. The lowest BCUT2D eigenvalue weighted by Crippen LogP contribution is -2.03. The molecule has 2 rings (SSSR count). The van der Waals surface area contributed by atoms with Crippen molar-refractivity contribution in [3.05, 3.63) is 48.5 Å². The summed E-state index contributed by atoms with van der Waals surface area (Å²) < 4.78 is 0. The van der Waals surface area contributed by atoms with Gasteiger partial charge in [0.25, 0.3) is 0 Å². The van der Waals surface area contributed by atoms with E-state index in [-0.39, 0.29) is 12.3 Å². The van der Waals surface area contributed by atoms with Crippen LogP contribution in [0.15, 0.2) is 43.0 Å². The Morgan fingerprint density at radius 3 is 2.61 bits per heavy atom. The van der Waals surface area contributed by atoms with Crippen molar-refractivity contribution in [2.45, 2.75) is 19.3 Å². The molecule has 2 aromatic rings. The zero-order valence-electron chi connectivity index (χ0n) is 10.1. The normalized spacial score (nSPS) is 12.1. The highest BCUT2D eigenvalue weighted by Crippen LogP contribution is 2.24. The molecule has 2 aromatic heterocycles. The summed E-state index contributed by atoms with van der Waals surface area (Å²) in [7, 11) is 0. The number of aliphatic carboxylic acids is 1. The molecule has 4 nitrogen and oxygen atoms in total. The smallest absolute Gasteiger partial charge is 0.303 e. The van der Waals surface area contributed by atoms with Crippen molar-refractivity contribution in [1.29, 1.82) is 0 Å². The number of carboxylic acids is 1. The highest BCUT2D eigenvalue weighted by Gasteiger charge is 2.11. The summed E-state index contributed by atoms with van der Waals surface area (Å²) in [4.78, 5) is 18.9. The van der Waals surface area contributed by atoms with E-state index in [0.717, 1.165) is 16.7 Å². The zero-order valence-corrected chi connectivity index (χ0v) is 10.1. The van der Waals surface area contributed by atoms with Gasteiger partial charge in [-0.25, -0.2) is 0 Å². The summed E-state index contributed by atoms with van der Waals surface area (Å²) in [5.41, 5.74) is 2.95. The first-order valence-corrected chi connectivity index (χ1v) is 5.74. The van der Waals surface area contributed by atoms with Gasteiger partial charge in [-0.3, -0.25) is 14.8 Å². The van der Waals surface area contributed by atoms with Crippen LogP contribution in [0.5, 0.6) is 0 Å². The Labute approximate surface area is 105 Å². The Morgan fingerprint density at radius 1 is 1.22 bits per heavy atom. The van der Waals surface area contributed by atoms with Crippen molar-refractivity contribution in [1.82, 2.24) is 9.97 Å². The summed E-state index contributed by atoms with van der Waals surface area (Å²) >= 11 is 0. The number of pyridine rings is 2. The van der Waals surface area contributed by atoms with Crippen molar-refractivity contribution >= 4 is 5.97 Å². The molecule has 0 bridgehead atoms. The van der Waals surface area contributed by atoms with Gasteiger partial charge in [-0.2, -0.15) is 0 Å². The van der Waals surface area contributed by atoms with Gasteiger partial charge in [0.2, 0.25) is 0 Å². The van der Waals surface area contributed by atoms with E-state index in [1.807, 2.05) is 25.1 Å². The number of aromatic nitrogens is 2. The van der Waals surface area contributed by atoms with Crippen LogP contribution in [0.2, 0.25) is 0 Å². The molecule has 4 heteroatoms. The van der Waals surface area contributed by atoms with Crippen LogP contribution in [0.1, 0.15) is 24.8 Å². The molecule has 0 saturated heterocycles. The van der Waals surface area contributed by atoms with Gasteiger partial charge in [0.15, 0.2) is 0 Å². The molecular weight excluding hydrogens is 228 g/mol. The molecule has 0 aromatic carbocycles. The van der Waals surface area contributed by atoms with Gasteiger partial charge in [-0.1, -0.05) is 6.92 Å². The first-order chi connectivity index (χ1) is 8.66. The van der Waals surface area contributed by atoms with Gasteiger partial charge >= 0.3 is 5.97 Å². The van der Waals surface area contributed by atoms with E-state index in [9.17, 15) is 4.79 Å². The molecule has 1 atom stereocenters. The van der Waals surface area contributed by atoms with Gasteiger partial charge in [0.1, 0.15) is 0 Å². The van der Waals surface area contributed by atoms with Crippen LogP contribution in [-0.2, 0) is 4.79 Å². The Balaban J connectivity index is 2.28. The van der Waals surface area contributed by atoms with E-state index in [0.29, 0.717) is 0 Å². The van der Waals surface area contributed by atoms with Crippen LogP contribution < -0.4 is 0 Å². The summed E-state index contributed by atoms with van der Waals surface area (Å²) in [6, 6.07) is 5.79. The van der Waals surface area contributed by atoms with E-state index in [1.165, 1.54) is 0 Å². The molecule has 0 radical (unpaired) electrons. The molecule has 0 amide bonds. The Kier molecular flexibility index (Phi) is 3.67. The lowest BCUT2D eigenvalue weighted by molar-refractivity contribution is -0.137. The topological polar surface area (TPSA) is 63.1 Å². The minimum atomic E-state index is -0.795. The lowest BCUT2D eigenvalue weighted by atomic mass is 9.97. The van der Waals surface area contributed by atoms with Crippen molar-refractivity contribution in [2.75, 3.05) is 0 Å². The molecule has 0 spiro atoms. The number of carboxylic acid groups (broad SMARTS) is 1. The summed E-state index contributed by atoms with van der Waals surface area (Å²) in [6.07, 6.45) is 7.05. The molecule has 2 heterocycles. The number of hydrogen-bond acceptors (Lipinski definition) is 3. The Bertz CT molecular complexity index is 541. The van der Waals surface area contributed by atoms with Crippen molar-refractivity contribution in [3.8, 4) is 11.1 Å². The molecular formula is C14H14N2O2. The van der Waals surface area contributed by atoms with E-state index < -0.39 is 5.97 Å². The number of rotatable bonds is 4. The maximum Gasteiger partial charge on any atom is 0.303 e. The molecule has 0 aliphatic carbocycles. The number of hydrogen-bond donors (Lipinski definition) is 1. The van der Waals surface area contributed by atoms with E-state index in [4.69, 9.17) is 5.11 Å². The third-order valence-electron chi connectivity index (χ3n) is 2.82. The Hall–Kier alpha value is -2.23. The second-order valence-corrected chi connectivity index (χ2v) is 4.24. The third kappa shape index (κ3) is 2.91. The van der Waals surface area contributed by atoms with Crippen molar-refractivity contribution in [3.63, 3.8) is 0 Å². The van der Waals surface area contributed by atoms with Crippen molar-refractivity contribution < 1.29 is 9.90 Å². The SMILES string of the molecule is CC(CC(=O)O)c1cncc(-c2ccncc2)c1. The summed E-state index contributed by atoms with van der Waals surface area (Å²) in [5.74, 6) is -0.839. The van der Waals surface area contributed by atoms with Crippen molar-refractivity contribution in [2.24, 2.45) is 0 Å². The fourth-order valence-electron chi connectivity index (χ4n) is 1.81. The summed E-state index contributed by atoms with van der Waals surface area (Å²) in [6.45, 7) is 1.89. The lowest BCUT2D eigenvalue weighted by Gasteiger charge is -2.10. The Morgan fingerprint density at radius 2 is 1.94 bits per heavy atom. The third-order valence-corrected chi connectivity index (χ3v) is 2.82. The molecule has 92 valence electrons. The quantitative estimate of drug-likeness (QED) is 0.895. The molecule has 0 saturated carbocycles. The summed E-state index contributed by atoms with van der Waals surface area (Å²) in [5, 5.41) is 8.80. The maximum absolute atomic E-state index is 10.7. The van der Waals surface area contributed by atoms with Crippen LogP contribution in [0.25, 0.3) is 11.1 Å². The minimum Gasteiger partial charge on any atom is -0.481 e. The van der Waals surface area contributed by atoms with Crippen LogP contribution in [0.3, 0.4) is 0 Å². The highest BCUT2D eigenvalue weighted by molar-refractivity contribution is 5.68. The second-order valence-electron chi connectivity index (χ2n) is 4.24. The molecule has 0 aliphatic heterocycles. The van der Waals surface area contributed by atoms with Gasteiger partial charge in [-0.15, -0.1) is 0 Å². The average Bonchev–Trinajstić information content (AvgIpc) is 2.39.